The Bertz CT molecular complexity index is 474. The van der Waals surface area contributed by atoms with Crippen molar-refractivity contribution in [3.63, 3.8) is 0 Å². The number of anilines is 1. The Kier molecular flexibility index (Phi) is 3.61. The number of hydrogen-bond acceptors (Lipinski definition) is 3. The van der Waals surface area contributed by atoms with Gasteiger partial charge in [0.2, 0.25) is 0 Å². The van der Waals surface area contributed by atoms with Gasteiger partial charge in [0, 0.05) is 17.6 Å². The Labute approximate surface area is 108 Å². The van der Waals surface area contributed by atoms with Crippen LogP contribution in [0.4, 0.5) is 5.69 Å². The van der Waals surface area contributed by atoms with E-state index in [1.54, 1.807) is 11.3 Å². The topological polar surface area (TPSA) is 24.9 Å². The molecule has 1 N–H and O–H groups in total. The molecule has 0 unspecified atom stereocenters. The first-order valence-corrected chi connectivity index (χ1v) is 6.68. The molecular weight excluding hydrogens is 284 g/mol. The molecule has 0 saturated carbocycles. The summed E-state index contributed by atoms with van der Waals surface area (Å²) in [6.07, 6.45) is 1.81. The minimum Gasteiger partial charge on any atom is -0.379 e. The predicted molar refractivity (Wildman–Crippen MR) is 73.1 cm³/mol. The average Bonchev–Trinajstić information content (AvgIpc) is 2.57. The van der Waals surface area contributed by atoms with E-state index in [1.807, 2.05) is 19.2 Å². The summed E-state index contributed by atoms with van der Waals surface area (Å²) < 4.78 is 1.22. The van der Waals surface area contributed by atoms with Gasteiger partial charge in [0.1, 0.15) is 0 Å². The van der Waals surface area contributed by atoms with Crippen LogP contribution in [0.3, 0.4) is 0 Å². The molecule has 0 bridgehead atoms. The smallest absolute Gasteiger partial charge is 0.0731 e. The number of rotatable bonds is 3. The highest BCUT2D eigenvalue weighted by Crippen LogP contribution is 2.27. The zero-order chi connectivity index (χ0) is 11.5. The van der Waals surface area contributed by atoms with Crippen molar-refractivity contribution < 1.29 is 0 Å². The minimum atomic E-state index is 0.851. The molecule has 84 valence electrons. The van der Waals surface area contributed by atoms with Crippen molar-refractivity contribution in [1.82, 2.24) is 4.98 Å². The van der Waals surface area contributed by atoms with Crippen LogP contribution in [-0.2, 0) is 6.54 Å². The summed E-state index contributed by atoms with van der Waals surface area (Å²) in [5.41, 5.74) is 3.43. The van der Waals surface area contributed by atoms with Gasteiger partial charge >= 0.3 is 0 Å². The standard InChI is InChI=1S/C12H13BrN2S/c1-8-6-10(16-12(8)13)7-15-11-4-3-5-14-9(11)2/h3-6,15H,7H2,1-2H3. The first kappa shape index (κ1) is 11.6. The summed E-state index contributed by atoms with van der Waals surface area (Å²) in [5, 5.41) is 3.40. The second-order valence-corrected chi connectivity index (χ2v) is 6.11. The van der Waals surface area contributed by atoms with Crippen LogP contribution in [0.1, 0.15) is 16.1 Å². The van der Waals surface area contributed by atoms with E-state index >= 15 is 0 Å². The van der Waals surface area contributed by atoms with E-state index in [1.165, 1.54) is 14.2 Å². The van der Waals surface area contributed by atoms with Crippen molar-refractivity contribution >= 4 is 33.0 Å². The highest BCUT2D eigenvalue weighted by molar-refractivity contribution is 9.11. The summed E-state index contributed by atoms with van der Waals surface area (Å²) in [4.78, 5) is 5.57. The van der Waals surface area contributed by atoms with E-state index < -0.39 is 0 Å². The van der Waals surface area contributed by atoms with E-state index in [0.29, 0.717) is 0 Å². The molecule has 0 radical (unpaired) electrons. The summed E-state index contributed by atoms with van der Waals surface area (Å²) in [7, 11) is 0. The molecule has 4 heteroatoms. The molecule has 0 saturated heterocycles. The van der Waals surface area contributed by atoms with Gasteiger partial charge in [-0.15, -0.1) is 11.3 Å². The molecule has 2 aromatic heterocycles. The van der Waals surface area contributed by atoms with Crippen LogP contribution in [0, 0.1) is 13.8 Å². The summed E-state index contributed by atoms with van der Waals surface area (Å²) >= 11 is 5.31. The third kappa shape index (κ3) is 2.62. The minimum absolute atomic E-state index is 0.851. The average molecular weight is 297 g/mol. The summed E-state index contributed by atoms with van der Waals surface area (Å²) in [5.74, 6) is 0. The Balaban J connectivity index is 2.05. The molecule has 2 aromatic rings. The molecule has 0 atom stereocenters. The van der Waals surface area contributed by atoms with Crippen molar-refractivity contribution in [3.8, 4) is 0 Å². The lowest BCUT2D eigenvalue weighted by Gasteiger charge is -2.06. The maximum Gasteiger partial charge on any atom is 0.0731 e. The van der Waals surface area contributed by atoms with Crippen molar-refractivity contribution in [2.75, 3.05) is 5.32 Å². The lowest BCUT2D eigenvalue weighted by atomic mass is 10.3. The lowest BCUT2D eigenvalue weighted by molar-refractivity contribution is 1.13. The third-order valence-corrected chi connectivity index (χ3v) is 4.50. The van der Waals surface area contributed by atoms with Gasteiger partial charge in [0.15, 0.2) is 0 Å². The van der Waals surface area contributed by atoms with Gasteiger partial charge in [-0.1, -0.05) is 0 Å². The first-order valence-electron chi connectivity index (χ1n) is 5.07. The van der Waals surface area contributed by atoms with Crippen molar-refractivity contribution in [1.29, 1.82) is 0 Å². The van der Waals surface area contributed by atoms with Crippen LogP contribution in [-0.4, -0.2) is 4.98 Å². The maximum absolute atomic E-state index is 4.25. The van der Waals surface area contributed by atoms with Crippen LogP contribution in [0.5, 0.6) is 0 Å². The highest BCUT2D eigenvalue weighted by atomic mass is 79.9. The summed E-state index contributed by atoms with van der Waals surface area (Å²) in [6.45, 7) is 4.97. The lowest BCUT2D eigenvalue weighted by Crippen LogP contribution is -2.00. The monoisotopic (exact) mass is 296 g/mol. The Morgan fingerprint density at radius 1 is 1.44 bits per heavy atom. The highest BCUT2D eigenvalue weighted by Gasteiger charge is 2.03. The fourth-order valence-corrected chi connectivity index (χ4v) is 3.03. The summed E-state index contributed by atoms with van der Waals surface area (Å²) in [6, 6.07) is 6.20. The second kappa shape index (κ2) is 4.97. The van der Waals surface area contributed by atoms with Gasteiger partial charge < -0.3 is 5.32 Å². The maximum atomic E-state index is 4.25. The van der Waals surface area contributed by atoms with Crippen LogP contribution in [0.15, 0.2) is 28.2 Å². The van der Waals surface area contributed by atoms with Crippen LogP contribution in [0.25, 0.3) is 0 Å². The molecule has 0 aromatic carbocycles. The zero-order valence-electron chi connectivity index (χ0n) is 9.25. The van der Waals surface area contributed by atoms with Crippen molar-refractivity contribution in [3.05, 3.63) is 44.3 Å². The van der Waals surface area contributed by atoms with Gasteiger partial charge in [-0.25, -0.2) is 0 Å². The third-order valence-electron chi connectivity index (χ3n) is 2.37. The van der Waals surface area contributed by atoms with Gasteiger partial charge in [0.25, 0.3) is 0 Å². The Morgan fingerprint density at radius 3 is 2.88 bits per heavy atom. The first-order chi connectivity index (χ1) is 7.66. The Morgan fingerprint density at radius 2 is 2.25 bits per heavy atom. The van der Waals surface area contributed by atoms with E-state index in [-0.39, 0.29) is 0 Å². The molecule has 2 rings (SSSR count). The van der Waals surface area contributed by atoms with Crippen LogP contribution >= 0.6 is 27.3 Å². The molecular formula is C12H13BrN2S. The van der Waals surface area contributed by atoms with Crippen LogP contribution < -0.4 is 5.32 Å². The largest absolute Gasteiger partial charge is 0.379 e. The predicted octanol–water partition coefficient (Wildman–Crippen LogP) is 4.13. The molecule has 0 fully saturated rings. The Hall–Kier alpha value is -0.870. The normalized spacial score (nSPS) is 10.4. The number of pyridine rings is 1. The van der Waals surface area contributed by atoms with E-state index in [2.05, 4.69) is 45.3 Å². The van der Waals surface area contributed by atoms with Crippen molar-refractivity contribution in [2.24, 2.45) is 0 Å². The van der Waals surface area contributed by atoms with E-state index in [9.17, 15) is 0 Å². The van der Waals surface area contributed by atoms with Gasteiger partial charge in [-0.05, 0) is 53.5 Å². The number of aryl methyl sites for hydroxylation is 2. The molecule has 0 aliphatic rings. The molecule has 0 aliphatic carbocycles. The van der Waals surface area contributed by atoms with Crippen LogP contribution in [0.2, 0.25) is 0 Å². The molecule has 2 heterocycles. The molecule has 0 spiro atoms. The number of halogens is 1. The molecule has 2 nitrogen and oxygen atoms in total. The zero-order valence-corrected chi connectivity index (χ0v) is 11.7. The van der Waals surface area contributed by atoms with E-state index in [4.69, 9.17) is 0 Å². The van der Waals surface area contributed by atoms with Gasteiger partial charge in [0.05, 0.1) is 15.2 Å². The fraction of sp³-hybridized carbons (Fsp3) is 0.250. The number of hydrogen-bond donors (Lipinski definition) is 1. The SMILES string of the molecule is Cc1cc(CNc2cccnc2C)sc1Br. The van der Waals surface area contributed by atoms with E-state index in [0.717, 1.165) is 17.9 Å². The molecule has 0 amide bonds. The van der Waals surface area contributed by atoms with Gasteiger partial charge in [-0.2, -0.15) is 0 Å². The van der Waals surface area contributed by atoms with Crippen molar-refractivity contribution in [2.45, 2.75) is 20.4 Å². The second-order valence-electron chi connectivity index (χ2n) is 3.66. The quantitative estimate of drug-likeness (QED) is 0.921. The number of nitrogens with one attached hydrogen (secondary N) is 1. The number of nitrogens with zero attached hydrogens (tertiary/aromatic N) is 1. The molecule has 0 aliphatic heterocycles. The fourth-order valence-electron chi connectivity index (χ4n) is 1.46. The molecule has 16 heavy (non-hydrogen) atoms. The number of thiophene rings is 1. The van der Waals surface area contributed by atoms with Gasteiger partial charge in [-0.3, -0.25) is 4.98 Å². The number of aromatic nitrogens is 1.